The van der Waals surface area contributed by atoms with Gasteiger partial charge in [-0.15, -0.1) is 0 Å². The average molecular weight is 458 g/mol. The zero-order valence-corrected chi connectivity index (χ0v) is 18.0. The maximum absolute atomic E-state index is 14.9. The number of rotatable bonds is 6. The van der Waals surface area contributed by atoms with Crippen LogP contribution in [0.15, 0.2) is 48.9 Å². The van der Waals surface area contributed by atoms with Crippen LogP contribution in [0.2, 0.25) is 0 Å². The molecule has 0 fully saturated rings. The van der Waals surface area contributed by atoms with Crippen LogP contribution in [0.1, 0.15) is 42.7 Å². The number of hydrogen-bond donors (Lipinski definition) is 2. The van der Waals surface area contributed by atoms with Crippen molar-refractivity contribution in [1.29, 1.82) is 0 Å². The molecule has 1 unspecified atom stereocenters. The zero-order chi connectivity index (χ0) is 23.9. The van der Waals surface area contributed by atoms with Gasteiger partial charge in [0.25, 0.3) is 0 Å². The SMILES string of the molecule is Cc1nc2cc(F)c(-c3cnc(C(C)(C)O)nc3)cn2c1C(O)c1ccccc1OC(F)F. The van der Waals surface area contributed by atoms with Crippen molar-refractivity contribution in [2.45, 2.75) is 39.1 Å². The molecule has 0 amide bonds. The van der Waals surface area contributed by atoms with Crippen LogP contribution in [0.5, 0.6) is 5.75 Å². The van der Waals surface area contributed by atoms with Crippen LogP contribution < -0.4 is 4.74 Å². The number of alkyl halides is 2. The first-order valence-electron chi connectivity index (χ1n) is 10.0. The van der Waals surface area contributed by atoms with E-state index in [-0.39, 0.29) is 34.0 Å². The Morgan fingerprint density at radius 2 is 1.79 bits per heavy atom. The maximum Gasteiger partial charge on any atom is 0.387 e. The molecule has 0 saturated heterocycles. The second kappa shape index (κ2) is 8.45. The first-order valence-corrected chi connectivity index (χ1v) is 10.0. The molecule has 0 aliphatic carbocycles. The highest BCUT2D eigenvalue weighted by Crippen LogP contribution is 2.34. The van der Waals surface area contributed by atoms with Crippen molar-refractivity contribution in [1.82, 2.24) is 19.4 Å². The molecule has 7 nitrogen and oxygen atoms in total. The van der Waals surface area contributed by atoms with Gasteiger partial charge >= 0.3 is 6.61 Å². The minimum atomic E-state index is -3.06. The highest BCUT2D eigenvalue weighted by molar-refractivity contribution is 5.65. The molecule has 1 atom stereocenters. The summed E-state index contributed by atoms with van der Waals surface area (Å²) in [5.41, 5.74) is 0.219. The number of imidazole rings is 1. The Hall–Kier alpha value is -3.50. The lowest BCUT2D eigenvalue weighted by Gasteiger charge is -2.17. The third kappa shape index (κ3) is 4.39. The number of aliphatic hydroxyl groups excluding tert-OH is 1. The number of aryl methyl sites for hydroxylation is 1. The third-order valence-corrected chi connectivity index (χ3v) is 5.13. The Bertz CT molecular complexity index is 1300. The molecule has 0 aliphatic rings. The summed E-state index contributed by atoms with van der Waals surface area (Å²) < 4.78 is 46.6. The lowest BCUT2D eigenvalue weighted by Crippen LogP contribution is -2.19. The van der Waals surface area contributed by atoms with Gasteiger partial charge in [-0.3, -0.25) is 4.40 Å². The highest BCUT2D eigenvalue weighted by atomic mass is 19.3. The molecule has 2 N–H and O–H groups in total. The van der Waals surface area contributed by atoms with Gasteiger partial charge in [-0.2, -0.15) is 8.78 Å². The Kier molecular flexibility index (Phi) is 5.81. The van der Waals surface area contributed by atoms with E-state index in [1.54, 1.807) is 13.0 Å². The van der Waals surface area contributed by atoms with Gasteiger partial charge < -0.3 is 14.9 Å². The number of fused-ring (bicyclic) bond motifs is 1. The normalized spacial score (nSPS) is 13.0. The van der Waals surface area contributed by atoms with Crippen molar-refractivity contribution >= 4 is 5.65 Å². The van der Waals surface area contributed by atoms with Gasteiger partial charge in [0, 0.05) is 41.3 Å². The van der Waals surface area contributed by atoms with E-state index in [0.717, 1.165) is 0 Å². The van der Waals surface area contributed by atoms with E-state index >= 15 is 0 Å². The van der Waals surface area contributed by atoms with Gasteiger partial charge in [0.2, 0.25) is 0 Å². The molecule has 3 aromatic heterocycles. The third-order valence-electron chi connectivity index (χ3n) is 5.13. The Labute approximate surface area is 187 Å². The van der Waals surface area contributed by atoms with Gasteiger partial charge in [0.15, 0.2) is 5.82 Å². The van der Waals surface area contributed by atoms with Gasteiger partial charge in [-0.05, 0) is 26.8 Å². The molecule has 10 heteroatoms. The van der Waals surface area contributed by atoms with E-state index in [4.69, 9.17) is 0 Å². The van der Waals surface area contributed by atoms with Crippen LogP contribution in [0.4, 0.5) is 13.2 Å². The van der Waals surface area contributed by atoms with Crippen LogP contribution in [-0.2, 0) is 5.60 Å². The van der Waals surface area contributed by atoms with Gasteiger partial charge in [0.05, 0.1) is 11.4 Å². The molecular weight excluding hydrogens is 437 g/mol. The summed E-state index contributed by atoms with van der Waals surface area (Å²) in [6.45, 7) is 1.63. The molecule has 0 saturated carbocycles. The number of benzene rings is 1. The molecule has 4 rings (SSSR count). The fourth-order valence-electron chi connectivity index (χ4n) is 3.58. The largest absolute Gasteiger partial charge is 0.434 e. The number of halogens is 3. The van der Waals surface area contributed by atoms with Crippen molar-refractivity contribution in [2.24, 2.45) is 0 Å². The van der Waals surface area contributed by atoms with E-state index in [1.165, 1.54) is 61.1 Å². The van der Waals surface area contributed by atoms with E-state index in [1.807, 2.05) is 0 Å². The van der Waals surface area contributed by atoms with Crippen LogP contribution >= 0.6 is 0 Å². The van der Waals surface area contributed by atoms with Crippen LogP contribution in [-0.4, -0.2) is 36.2 Å². The van der Waals surface area contributed by atoms with Crippen molar-refractivity contribution in [3.63, 3.8) is 0 Å². The lowest BCUT2D eigenvalue weighted by molar-refractivity contribution is -0.0513. The fourth-order valence-corrected chi connectivity index (χ4v) is 3.58. The highest BCUT2D eigenvalue weighted by Gasteiger charge is 2.25. The lowest BCUT2D eigenvalue weighted by atomic mass is 10.0. The van der Waals surface area contributed by atoms with Gasteiger partial charge in [-0.25, -0.2) is 19.3 Å². The number of hydrogen-bond acceptors (Lipinski definition) is 6. The monoisotopic (exact) mass is 458 g/mol. The molecule has 0 bridgehead atoms. The summed E-state index contributed by atoms with van der Waals surface area (Å²) >= 11 is 0. The summed E-state index contributed by atoms with van der Waals surface area (Å²) in [6, 6.07) is 7.09. The molecule has 1 aromatic carbocycles. The van der Waals surface area contributed by atoms with E-state index in [9.17, 15) is 23.4 Å². The fraction of sp³-hybridized carbons (Fsp3) is 0.261. The molecule has 33 heavy (non-hydrogen) atoms. The summed E-state index contributed by atoms with van der Waals surface area (Å²) in [7, 11) is 0. The molecule has 0 spiro atoms. The van der Waals surface area contributed by atoms with Crippen LogP contribution in [0, 0.1) is 12.7 Å². The number of ether oxygens (including phenoxy) is 1. The van der Waals surface area contributed by atoms with E-state index < -0.39 is 24.1 Å². The number of nitrogens with zero attached hydrogens (tertiary/aromatic N) is 4. The smallest absolute Gasteiger partial charge is 0.387 e. The predicted molar refractivity (Wildman–Crippen MR) is 113 cm³/mol. The number of aliphatic hydroxyl groups is 2. The number of para-hydroxylation sites is 1. The second-order valence-electron chi connectivity index (χ2n) is 8.02. The standard InChI is InChI=1S/C23H21F3N4O3/c1-12-19(20(31)14-6-4-5-7-17(14)33-22(25)26)30-11-15(16(24)8-18(30)29-12)13-9-27-21(28-10-13)23(2,3)32/h4-11,20,22,31-32H,1-3H3. The van der Waals surface area contributed by atoms with Gasteiger partial charge in [0.1, 0.15) is 28.9 Å². The van der Waals surface area contributed by atoms with E-state index in [2.05, 4.69) is 19.7 Å². The number of pyridine rings is 1. The average Bonchev–Trinajstić information content (AvgIpc) is 3.06. The minimum Gasteiger partial charge on any atom is -0.434 e. The Morgan fingerprint density at radius 3 is 2.42 bits per heavy atom. The first kappa shape index (κ1) is 22.7. The molecule has 172 valence electrons. The quantitative estimate of drug-likeness (QED) is 0.451. The molecule has 3 heterocycles. The molecular formula is C23H21F3N4O3. The minimum absolute atomic E-state index is 0.117. The van der Waals surface area contributed by atoms with Crippen LogP contribution in [0.3, 0.4) is 0 Å². The summed E-state index contributed by atoms with van der Waals surface area (Å²) in [6.07, 6.45) is 2.83. The maximum atomic E-state index is 14.9. The summed E-state index contributed by atoms with van der Waals surface area (Å²) in [5, 5.41) is 21.1. The predicted octanol–water partition coefficient (Wildman–Crippen LogP) is 4.15. The first-order chi connectivity index (χ1) is 15.6. The molecule has 0 aliphatic heterocycles. The van der Waals surface area contributed by atoms with Crippen LogP contribution in [0.25, 0.3) is 16.8 Å². The van der Waals surface area contributed by atoms with Crippen molar-refractivity contribution in [2.75, 3.05) is 0 Å². The zero-order valence-electron chi connectivity index (χ0n) is 18.0. The number of aromatic nitrogens is 4. The summed E-state index contributed by atoms with van der Waals surface area (Å²) in [5.74, 6) is -0.583. The van der Waals surface area contributed by atoms with Gasteiger partial charge in [-0.1, -0.05) is 18.2 Å². The topological polar surface area (TPSA) is 92.8 Å². The molecule has 4 aromatic rings. The van der Waals surface area contributed by atoms with E-state index in [0.29, 0.717) is 11.3 Å². The van der Waals surface area contributed by atoms with Crippen molar-refractivity contribution in [3.8, 4) is 16.9 Å². The Balaban J connectivity index is 1.82. The second-order valence-corrected chi connectivity index (χ2v) is 8.02. The van der Waals surface area contributed by atoms with Crippen molar-refractivity contribution in [3.05, 3.63) is 77.5 Å². The summed E-state index contributed by atoms with van der Waals surface area (Å²) in [4.78, 5) is 12.5. The molecule has 0 radical (unpaired) electrons. The van der Waals surface area contributed by atoms with Crippen molar-refractivity contribution < 1.29 is 28.1 Å². The Morgan fingerprint density at radius 1 is 1.12 bits per heavy atom.